The average molecular weight is 212 g/mol. The minimum absolute atomic E-state index is 0.637. The van der Waals surface area contributed by atoms with Gasteiger partial charge in [0.25, 0.3) is 0 Å². The van der Waals surface area contributed by atoms with Crippen LogP contribution in [0.25, 0.3) is 0 Å². The number of hydrogen-bond acceptors (Lipinski definition) is 1. The molecule has 0 aliphatic heterocycles. The van der Waals surface area contributed by atoms with Gasteiger partial charge in [-0.15, -0.1) is 0 Å². The van der Waals surface area contributed by atoms with Crippen molar-refractivity contribution >= 4 is 0 Å². The van der Waals surface area contributed by atoms with Crippen LogP contribution in [0.3, 0.4) is 0 Å². The van der Waals surface area contributed by atoms with E-state index in [2.05, 4.69) is 0 Å². The normalized spacial score (nSPS) is 14.4. The van der Waals surface area contributed by atoms with Gasteiger partial charge in [-0.3, -0.25) is 0 Å². The minimum Gasteiger partial charge on any atom is -0.385 e. The molecule has 0 heterocycles. The first kappa shape index (κ1) is 10.9. The van der Waals surface area contributed by atoms with Crippen LogP contribution in [0.4, 0.5) is 0 Å². The lowest BCUT2D eigenvalue weighted by Crippen LogP contribution is -2.24. The minimum atomic E-state index is -0.803. The summed E-state index contributed by atoms with van der Waals surface area (Å²) in [5.41, 5.74) is 1.30. The monoisotopic (exact) mass is 212 g/mol. The first-order chi connectivity index (χ1) is 7.68. The molecular weight excluding hydrogens is 196 g/mol. The van der Waals surface area contributed by atoms with E-state index in [0.717, 1.165) is 11.1 Å². The summed E-state index contributed by atoms with van der Waals surface area (Å²) < 4.78 is 0. The predicted molar refractivity (Wildman–Crippen MR) is 66.2 cm³/mol. The van der Waals surface area contributed by atoms with E-state index in [4.69, 9.17) is 0 Å². The van der Waals surface area contributed by atoms with E-state index < -0.39 is 5.60 Å². The Balaban J connectivity index is 2.21. The van der Waals surface area contributed by atoms with Crippen LogP contribution >= 0.6 is 0 Å². The third-order valence-electron chi connectivity index (χ3n) is 2.79. The molecule has 1 atom stereocenters. The molecule has 1 heteroatoms. The quantitative estimate of drug-likeness (QED) is 0.828. The number of rotatable bonds is 3. The molecule has 0 aliphatic carbocycles. The molecule has 0 aromatic heterocycles. The third-order valence-corrected chi connectivity index (χ3v) is 2.79. The zero-order chi connectivity index (χ0) is 11.4. The molecule has 2 aromatic rings. The highest BCUT2D eigenvalue weighted by atomic mass is 16.3. The molecule has 16 heavy (non-hydrogen) atoms. The van der Waals surface area contributed by atoms with Gasteiger partial charge < -0.3 is 5.11 Å². The largest absolute Gasteiger partial charge is 0.385 e. The summed E-state index contributed by atoms with van der Waals surface area (Å²) in [5, 5.41) is 10.4. The van der Waals surface area contributed by atoms with Crippen molar-refractivity contribution in [2.75, 3.05) is 0 Å². The summed E-state index contributed by atoms with van der Waals surface area (Å²) in [4.78, 5) is 0. The van der Waals surface area contributed by atoms with Gasteiger partial charge in [-0.2, -0.15) is 0 Å². The fourth-order valence-electron chi connectivity index (χ4n) is 1.89. The second-order valence-corrected chi connectivity index (χ2v) is 4.30. The smallest absolute Gasteiger partial charge is 0.0908 e. The second kappa shape index (κ2) is 4.50. The molecule has 0 amide bonds. The van der Waals surface area contributed by atoms with E-state index in [1.54, 1.807) is 0 Å². The molecule has 2 aromatic carbocycles. The first-order valence-corrected chi connectivity index (χ1v) is 5.50. The van der Waals surface area contributed by atoms with Crippen LogP contribution in [0.2, 0.25) is 0 Å². The topological polar surface area (TPSA) is 20.2 Å². The van der Waals surface area contributed by atoms with E-state index >= 15 is 0 Å². The van der Waals surface area contributed by atoms with Gasteiger partial charge in [-0.05, 0) is 18.1 Å². The van der Waals surface area contributed by atoms with Gasteiger partial charge in [0.05, 0.1) is 5.60 Å². The van der Waals surface area contributed by atoms with E-state index in [1.165, 1.54) is 0 Å². The molecule has 0 aliphatic rings. The second-order valence-electron chi connectivity index (χ2n) is 4.30. The molecule has 0 bridgehead atoms. The summed E-state index contributed by atoms with van der Waals surface area (Å²) in [6.45, 7) is 1.86. The molecule has 1 N–H and O–H groups in total. The van der Waals surface area contributed by atoms with Crippen molar-refractivity contribution in [2.45, 2.75) is 18.9 Å². The van der Waals surface area contributed by atoms with Crippen molar-refractivity contribution in [2.24, 2.45) is 0 Å². The lowest BCUT2D eigenvalue weighted by molar-refractivity contribution is 0.0576. The zero-order valence-corrected chi connectivity index (χ0v) is 9.43. The van der Waals surface area contributed by atoms with Crippen LogP contribution in [0.1, 0.15) is 18.1 Å². The van der Waals surface area contributed by atoms with Crippen molar-refractivity contribution in [1.82, 2.24) is 0 Å². The van der Waals surface area contributed by atoms with E-state index in [9.17, 15) is 5.11 Å². The number of aliphatic hydroxyl groups is 1. The number of benzene rings is 2. The molecule has 0 saturated carbocycles. The van der Waals surface area contributed by atoms with Crippen molar-refractivity contribution < 1.29 is 5.11 Å². The van der Waals surface area contributed by atoms with Gasteiger partial charge >= 0.3 is 0 Å². The van der Waals surface area contributed by atoms with Crippen molar-refractivity contribution in [3.05, 3.63) is 71.8 Å². The molecule has 0 fully saturated rings. The Kier molecular flexibility index (Phi) is 3.07. The molecule has 2 rings (SSSR count). The first-order valence-electron chi connectivity index (χ1n) is 5.50. The molecule has 0 saturated heterocycles. The Hall–Kier alpha value is -1.60. The molecule has 82 valence electrons. The lowest BCUT2D eigenvalue weighted by atomic mass is 9.89. The fourth-order valence-corrected chi connectivity index (χ4v) is 1.89. The highest BCUT2D eigenvalue weighted by molar-refractivity contribution is 5.25. The van der Waals surface area contributed by atoms with Crippen LogP contribution in [0, 0.1) is 0 Å². The van der Waals surface area contributed by atoms with Gasteiger partial charge in [-0.1, -0.05) is 60.7 Å². The summed E-state index contributed by atoms with van der Waals surface area (Å²) in [6.07, 6.45) is 0.637. The summed E-state index contributed by atoms with van der Waals surface area (Å²) >= 11 is 0. The van der Waals surface area contributed by atoms with Crippen LogP contribution in [0.5, 0.6) is 0 Å². The maximum absolute atomic E-state index is 10.4. The van der Waals surface area contributed by atoms with Crippen LogP contribution in [0.15, 0.2) is 60.7 Å². The third kappa shape index (κ3) is 2.50. The Labute approximate surface area is 96.4 Å². The van der Waals surface area contributed by atoms with E-state index in [0.29, 0.717) is 6.42 Å². The highest BCUT2D eigenvalue weighted by Crippen LogP contribution is 2.24. The molecule has 0 unspecified atom stereocenters. The van der Waals surface area contributed by atoms with Gasteiger partial charge in [0.15, 0.2) is 0 Å². The summed E-state index contributed by atoms with van der Waals surface area (Å²) in [7, 11) is 0. The Morgan fingerprint density at radius 2 is 1.38 bits per heavy atom. The number of hydrogen-bond donors (Lipinski definition) is 1. The van der Waals surface area contributed by atoms with Gasteiger partial charge in [-0.25, -0.2) is 0 Å². The maximum atomic E-state index is 10.4. The Morgan fingerprint density at radius 1 is 0.875 bits per heavy atom. The van der Waals surface area contributed by atoms with Crippen LogP contribution < -0.4 is 0 Å². The standard InChI is InChI=1S/C15H16O/c1-15(16,14-10-6-3-7-11-14)12-13-8-4-2-5-9-13/h2-11,16H,12H2,1H3/t15-/m0/s1. The summed E-state index contributed by atoms with van der Waals surface area (Å²) in [6, 6.07) is 19.8. The van der Waals surface area contributed by atoms with Gasteiger partial charge in [0, 0.05) is 6.42 Å². The van der Waals surface area contributed by atoms with Crippen LogP contribution in [-0.2, 0) is 12.0 Å². The van der Waals surface area contributed by atoms with E-state index in [1.807, 2.05) is 67.6 Å². The summed E-state index contributed by atoms with van der Waals surface area (Å²) in [5.74, 6) is 0. The van der Waals surface area contributed by atoms with Crippen LogP contribution in [-0.4, -0.2) is 5.11 Å². The SMILES string of the molecule is C[C@](O)(Cc1ccccc1)c1ccccc1. The molecular formula is C15H16O. The van der Waals surface area contributed by atoms with Crippen molar-refractivity contribution in [3.8, 4) is 0 Å². The molecule has 0 radical (unpaired) electrons. The highest BCUT2D eigenvalue weighted by Gasteiger charge is 2.22. The maximum Gasteiger partial charge on any atom is 0.0908 e. The van der Waals surface area contributed by atoms with E-state index in [-0.39, 0.29) is 0 Å². The van der Waals surface area contributed by atoms with Crippen molar-refractivity contribution in [3.63, 3.8) is 0 Å². The lowest BCUT2D eigenvalue weighted by Gasteiger charge is -2.23. The molecule has 0 spiro atoms. The fraction of sp³-hybridized carbons (Fsp3) is 0.200. The average Bonchev–Trinajstić information content (AvgIpc) is 2.31. The van der Waals surface area contributed by atoms with Gasteiger partial charge in [0.2, 0.25) is 0 Å². The Bertz CT molecular complexity index is 432. The van der Waals surface area contributed by atoms with Gasteiger partial charge in [0.1, 0.15) is 0 Å². The molecule has 1 nitrogen and oxygen atoms in total. The van der Waals surface area contributed by atoms with Crippen molar-refractivity contribution in [1.29, 1.82) is 0 Å². The zero-order valence-electron chi connectivity index (χ0n) is 9.43. The Morgan fingerprint density at radius 3 is 1.94 bits per heavy atom. The predicted octanol–water partition coefficient (Wildman–Crippen LogP) is 3.14.